The van der Waals surface area contributed by atoms with E-state index in [9.17, 15) is 24.1 Å². The highest BCUT2D eigenvalue weighted by Crippen LogP contribution is 2.39. The van der Waals surface area contributed by atoms with E-state index in [2.05, 4.69) is 9.97 Å². The smallest absolute Gasteiger partial charge is 0.267 e. The second-order valence-corrected chi connectivity index (χ2v) is 7.58. The fourth-order valence-electron chi connectivity index (χ4n) is 4.09. The van der Waals surface area contributed by atoms with Crippen LogP contribution >= 0.6 is 0 Å². The Labute approximate surface area is 174 Å². The van der Waals surface area contributed by atoms with Crippen LogP contribution in [0.15, 0.2) is 47.5 Å². The van der Waals surface area contributed by atoms with Gasteiger partial charge in [-0.05, 0) is 30.7 Å². The number of rotatable bonds is 4. The average Bonchev–Trinajstić information content (AvgIpc) is 3.44. The Morgan fingerprint density at radius 2 is 1.90 bits per heavy atom. The van der Waals surface area contributed by atoms with Crippen LogP contribution in [-0.2, 0) is 4.74 Å². The Bertz CT molecular complexity index is 1260. The Hall–Kier alpha value is -2.92. The number of hydrogen-bond donors (Lipinski definition) is 3. The van der Waals surface area contributed by atoms with Gasteiger partial charge < -0.3 is 29.0 Å². The largest absolute Gasteiger partial charge is 0.464 e. The zero-order valence-electron chi connectivity index (χ0n) is 16.3. The van der Waals surface area contributed by atoms with E-state index in [0.29, 0.717) is 5.65 Å². The predicted molar refractivity (Wildman–Crippen MR) is 104 cm³/mol. The number of aliphatic hydroxyl groups excluding tert-OH is 3. The van der Waals surface area contributed by atoms with E-state index < -0.39 is 37.1 Å². The summed E-state index contributed by atoms with van der Waals surface area (Å²) >= 11 is 0. The molecular weight excluding hydrogens is 412 g/mol. The van der Waals surface area contributed by atoms with Gasteiger partial charge in [-0.1, -0.05) is 6.07 Å². The molecule has 10 heteroatoms. The number of benzene rings is 1. The summed E-state index contributed by atoms with van der Waals surface area (Å²) in [7, 11) is 0. The summed E-state index contributed by atoms with van der Waals surface area (Å²) in [6, 6.07) is 6.12. The molecule has 0 bridgehead atoms. The first-order chi connectivity index (χ1) is 14.9. The van der Waals surface area contributed by atoms with Gasteiger partial charge in [0.05, 0.1) is 11.3 Å². The van der Waals surface area contributed by atoms with Crippen molar-refractivity contribution in [1.29, 1.82) is 0 Å². The number of furan rings is 1. The molecule has 3 N–H and O–H groups in total. The lowest BCUT2D eigenvalue weighted by Crippen LogP contribution is -2.34. The lowest BCUT2D eigenvalue weighted by molar-refractivity contribution is -0.0848. The highest BCUT2D eigenvalue weighted by atomic mass is 19.3. The number of fused-ring (bicyclic) bond motifs is 2. The van der Waals surface area contributed by atoms with E-state index in [1.165, 1.54) is 24.5 Å². The van der Waals surface area contributed by atoms with Gasteiger partial charge in [-0.2, -0.15) is 0 Å². The molecule has 0 aliphatic carbocycles. The van der Waals surface area contributed by atoms with E-state index in [1.807, 2.05) is 6.92 Å². The molecule has 1 aliphatic heterocycles. The molecule has 1 saturated heterocycles. The topological polar surface area (TPSA) is 114 Å². The Morgan fingerprint density at radius 1 is 1.10 bits per heavy atom. The van der Waals surface area contributed by atoms with Crippen molar-refractivity contribution in [1.82, 2.24) is 14.5 Å². The van der Waals surface area contributed by atoms with Crippen LogP contribution in [0.2, 0.25) is 0 Å². The van der Waals surface area contributed by atoms with E-state index >= 15 is 0 Å². The molecule has 5 atom stereocenters. The van der Waals surface area contributed by atoms with Crippen molar-refractivity contribution in [3.05, 3.63) is 59.9 Å². The third-order valence-electron chi connectivity index (χ3n) is 5.77. The Kier molecular flexibility index (Phi) is 4.74. The van der Waals surface area contributed by atoms with Crippen LogP contribution in [0.3, 0.4) is 0 Å². The molecule has 1 aromatic carbocycles. The molecule has 162 valence electrons. The van der Waals surface area contributed by atoms with Crippen molar-refractivity contribution >= 4 is 22.0 Å². The third-order valence-corrected chi connectivity index (χ3v) is 5.77. The number of halogens is 2. The summed E-state index contributed by atoms with van der Waals surface area (Å²) in [5.41, 5.74) is 1.48. The molecular formula is C21H19F2N3O5. The molecule has 0 amide bonds. The first-order valence-electron chi connectivity index (χ1n) is 9.64. The highest BCUT2D eigenvalue weighted by Gasteiger charge is 2.47. The maximum atomic E-state index is 13.2. The minimum atomic E-state index is -2.74. The van der Waals surface area contributed by atoms with Crippen molar-refractivity contribution in [3.63, 3.8) is 0 Å². The van der Waals surface area contributed by atoms with Crippen molar-refractivity contribution in [2.45, 2.75) is 44.0 Å². The van der Waals surface area contributed by atoms with Crippen LogP contribution in [0.4, 0.5) is 8.78 Å². The molecule has 0 spiro atoms. The van der Waals surface area contributed by atoms with Gasteiger partial charge in [-0.25, -0.2) is 18.7 Å². The molecule has 5 unspecified atom stereocenters. The molecule has 31 heavy (non-hydrogen) atoms. The molecule has 3 aromatic heterocycles. The third kappa shape index (κ3) is 3.10. The summed E-state index contributed by atoms with van der Waals surface area (Å²) in [5.74, 6) is 0. The van der Waals surface area contributed by atoms with E-state index in [4.69, 9.17) is 9.15 Å². The molecule has 0 saturated carbocycles. The van der Waals surface area contributed by atoms with E-state index in [-0.39, 0.29) is 22.1 Å². The van der Waals surface area contributed by atoms with Gasteiger partial charge in [0.25, 0.3) is 6.43 Å². The standard InChI is InChI=1S/C21H19F2N3O5/c1-9-11-4-5-26(20(11)25-8-24-9)21-17(29)16(28)18(31-21)15(27)10-2-3-14-12(6-10)13(7-30-14)19(22)23/h2-8,15-19,21,27-29H,1H3. The fourth-order valence-corrected chi connectivity index (χ4v) is 4.09. The second kappa shape index (κ2) is 7.34. The monoisotopic (exact) mass is 431 g/mol. The van der Waals surface area contributed by atoms with E-state index in [0.717, 1.165) is 17.3 Å². The quantitative estimate of drug-likeness (QED) is 0.455. The summed E-state index contributed by atoms with van der Waals surface area (Å²) in [6.45, 7) is 1.82. The number of aliphatic hydroxyl groups is 3. The minimum absolute atomic E-state index is 0.166. The van der Waals surface area contributed by atoms with Gasteiger partial charge in [0.2, 0.25) is 0 Å². The fraction of sp³-hybridized carbons (Fsp3) is 0.333. The molecule has 5 rings (SSSR count). The van der Waals surface area contributed by atoms with Crippen LogP contribution in [0, 0.1) is 6.92 Å². The summed E-state index contributed by atoms with van der Waals surface area (Å²) in [5, 5.41) is 33.0. The van der Waals surface area contributed by atoms with Gasteiger partial charge in [0.1, 0.15) is 48.2 Å². The number of nitrogens with zero attached hydrogens (tertiary/aromatic N) is 3. The number of hydrogen-bond acceptors (Lipinski definition) is 7. The SMILES string of the molecule is Cc1ncnc2c1ccn2C1OC(C(O)c2ccc3occ(C(F)F)c3c2)C(O)C1O. The number of aryl methyl sites for hydroxylation is 1. The van der Waals surface area contributed by atoms with Crippen LogP contribution in [0.5, 0.6) is 0 Å². The lowest BCUT2D eigenvalue weighted by Gasteiger charge is -2.21. The van der Waals surface area contributed by atoms with Crippen molar-refractivity contribution in [2.75, 3.05) is 0 Å². The normalized spacial score (nSPS) is 25.1. The zero-order valence-corrected chi connectivity index (χ0v) is 16.3. The first kappa shape index (κ1) is 20.0. The number of aromatic nitrogens is 3. The number of ether oxygens (including phenoxy) is 1. The molecule has 8 nitrogen and oxygen atoms in total. The Balaban J connectivity index is 1.47. The predicted octanol–water partition coefficient (Wildman–Crippen LogP) is 2.78. The first-order valence-corrected chi connectivity index (χ1v) is 9.64. The highest BCUT2D eigenvalue weighted by molar-refractivity contribution is 5.82. The molecule has 1 fully saturated rings. The minimum Gasteiger partial charge on any atom is -0.464 e. The van der Waals surface area contributed by atoms with Crippen molar-refractivity contribution in [2.24, 2.45) is 0 Å². The maximum absolute atomic E-state index is 13.2. The van der Waals surface area contributed by atoms with Crippen molar-refractivity contribution < 1.29 is 33.3 Å². The van der Waals surface area contributed by atoms with Crippen LogP contribution < -0.4 is 0 Å². The average molecular weight is 431 g/mol. The van der Waals surface area contributed by atoms with E-state index in [1.54, 1.807) is 16.8 Å². The van der Waals surface area contributed by atoms with Gasteiger partial charge in [-0.15, -0.1) is 0 Å². The Morgan fingerprint density at radius 3 is 2.68 bits per heavy atom. The molecule has 4 aromatic rings. The van der Waals surface area contributed by atoms with Gasteiger partial charge in [0, 0.05) is 17.0 Å². The molecule has 4 heterocycles. The van der Waals surface area contributed by atoms with Crippen LogP contribution in [0.1, 0.15) is 35.6 Å². The molecule has 1 aliphatic rings. The van der Waals surface area contributed by atoms with Gasteiger partial charge in [-0.3, -0.25) is 0 Å². The zero-order chi connectivity index (χ0) is 21.9. The summed E-state index contributed by atoms with van der Waals surface area (Å²) < 4.78 is 39.0. The van der Waals surface area contributed by atoms with Crippen molar-refractivity contribution in [3.8, 4) is 0 Å². The lowest BCUT2D eigenvalue weighted by atomic mass is 9.97. The van der Waals surface area contributed by atoms with Gasteiger partial charge in [0.15, 0.2) is 6.23 Å². The summed E-state index contributed by atoms with van der Waals surface area (Å²) in [6.07, 6.45) is -5.05. The van der Waals surface area contributed by atoms with Crippen LogP contribution in [-0.4, -0.2) is 48.2 Å². The van der Waals surface area contributed by atoms with Crippen LogP contribution in [0.25, 0.3) is 22.0 Å². The summed E-state index contributed by atoms with van der Waals surface area (Å²) in [4.78, 5) is 8.35. The maximum Gasteiger partial charge on any atom is 0.267 e. The number of alkyl halides is 2. The molecule has 0 radical (unpaired) electrons. The second-order valence-electron chi connectivity index (χ2n) is 7.58. The van der Waals surface area contributed by atoms with Gasteiger partial charge >= 0.3 is 0 Å².